The molecule has 1 fully saturated rings. The van der Waals surface area contributed by atoms with Crippen molar-refractivity contribution in [3.05, 3.63) is 60.2 Å². The minimum Gasteiger partial charge on any atom is -0.497 e. The molecule has 0 aromatic heterocycles. The van der Waals surface area contributed by atoms with Gasteiger partial charge in [0.15, 0.2) is 0 Å². The van der Waals surface area contributed by atoms with Crippen molar-refractivity contribution in [3.63, 3.8) is 0 Å². The van der Waals surface area contributed by atoms with Gasteiger partial charge in [-0.3, -0.25) is 9.59 Å². The number of methoxy groups -OCH3 is 1. The van der Waals surface area contributed by atoms with Crippen LogP contribution in [0.3, 0.4) is 0 Å². The molecule has 5 heteroatoms. The third-order valence-corrected chi connectivity index (χ3v) is 4.42. The summed E-state index contributed by atoms with van der Waals surface area (Å²) in [5.74, 6) is 0.156. The summed E-state index contributed by atoms with van der Waals surface area (Å²) in [4.78, 5) is 26.5. The summed E-state index contributed by atoms with van der Waals surface area (Å²) < 4.78 is 5.11. The highest BCUT2D eigenvalue weighted by atomic mass is 16.5. The average molecular weight is 324 g/mol. The second kappa shape index (κ2) is 6.74. The van der Waals surface area contributed by atoms with Crippen LogP contribution in [0.5, 0.6) is 5.75 Å². The van der Waals surface area contributed by atoms with Crippen molar-refractivity contribution in [2.24, 2.45) is 5.92 Å². The number of ether oxygens (including phenoxy) is 1. The normalized spacial score (nSPS) is 20.1. The number of benzene rings is 2. The smallest absolute Gasteiger partial charge is 0.230 e. The van der Waals surface area contributed by atoms with Crippen LogP contribution < -0.4 is 10.1 Å². The lowest BCUT2D eigenvalue weighted by atomic mass is 9.93. The first kappa shape index (κ1) is 16.1. The Morgan fingerprint density at radius 2 is 1.79 bits per heavy atom. The Balaban J connectivity index is 1.80. The minimum absolute atomic E-state index is 0.0151. The van der Waals surface area contributed by atoms with E-state index in [1.54, 1.807) is 43.3 Å². The maximum Gasteiger partial charge on any atom is 0.230 e. The highest BCUT2D eigenvalue weighted by molar-refractivity contribution is 5.97. The molecular formula is C19H20N2O3. The van der Waals surface area contributed by atoms with Crippen molar-refractivity contribution in [1.82, 2.24) is 4.90 Å². The first-order valence-corrected chi connectivity index (χ1v) is 7.85. The van der Waals surface area contributed by atoms with Crippen molar-refractivity contribution in [3.8, 4) is 5.75 Å². The molecule has 2 aromatic carbocycles. The van der Waals surface area contributed by atoms with Crippen LogP contribution in [0.15, 0.2) is 54.6 Å². The second-order valence-corrected chi connectivity index (χ2v) is 5.89. The number of carbonyl (C=O) groups excluding carboxylic acids is 2. The van der Waals surface area contributed by atoms with Gasteiger partial charge >= 0.3 is 0 Å². The van der Waals surface area contributed by atoms with Crippen LogP contribution in [0, 0.1) is 5.92 Å². The van der Waals surface area contributed by atoms with E-state index in [0.29, 0.717) is 5.69 Å². The Bertz CT molecular complexity index is 728. The predicted molar refractivity (Wildman–Crippen MR) is 91.7 cm³/mol. The van der Waals surface area contributed by atoms with Gasteiger partial charge in [0, 0.05) is 19.2 Å². The van der Waals surface area contributed by atoms with Gasteiger partial charge in [-0.05, 0) is 29.8 Å². The zero-order valence-corrected chi connectivity index (χ0v) is 13.7. The molecule has 2 amide bonds. The maximum atomic E-state index is 12.7. The van der Waals surface area contributed by atoms with E-state index in [4.69, 9.17) is 4.74 Å². The molecule has 0 saturated carbocycles. The van der Waals surface area contributed by atoms with E-state index in [2.05, 4.69) is 5.32 Å². The summed E-state index contributed by atoms with van der Waals surface area (Å²) in [6.45, 7) is 0. The fourth-order valence-electron chi connectivity index (χ4n) is 3.12. The van der Waals surface area contributed by atoms with Crippen molar-refractivity contribution < 1.29 is 14.3 Å². The van der Waals surface area contributed by atoms with Crippen molar-refractivity contribution in [2.45, 2.75) is 12.5 Å². The molecule has 24 heavy (non-hydrogen) atoms. The summed E-state index contributed by atoms with van der Waals surface area (Å²) in [6.07, 6.45) is 0.220. The quantitative estimate of drug-likeness (QED) is 0.941. The van der Waals surface area contributed by atoms with E-state index in [0.717, 1.165) is 11.3 Å². The highest BCUT2D eigenvalue weighted by Gasteiger charge is 2.42. The lowest BCUT2D eigenvalue weighted by Crippen LogP contribution is -2.29. The molecule has 1 heterocycles. The fourth-order valence-corrected chi connectivity index (χ4v) is 3.12. The van der Waals surface area contributed by atoms with Gasteiger partial charge in [-0.2, -0.15) is 0 Å². The molecule has 2 atom stereocenters. The topological polar surface area (TPSA) is 58.6 Å². The lowest BCUT2D eigenvalue weighted by Gasteiger charge is -2.25. The van der Waals surface area contributed by atoms with Crippen LogP contribution in [0.2, 0.25) is 0 Å². The zero-order chi connectivity index (χ0) is 17.1. The fraction of sp³-hybridized carbons (Fsp3) is 0.263. The molecule has 0 aliphatic carbocycles. The molecule has 124 valence electrons. The van der Waals surface area contributed by atoms with Crippen LogP contribution in [0.25, 0.3) is 0 Å². The minimum atomic E-state index is -0.410. The van der Waals surface area contributed by atoms with Gasteiger partial charge in [-0.25, -0.2) is 0 Å². The Hall–Kier alpha value is -2.82. The number of nitrogens with zero attached hydrogens (tertiary/aromatic N) is 1. The van der Waals surface area contributed by atoms with Gasteiger partial charge in [0.05, 0.1) is 19.1 Å². The number of amides is 2. The van der Waals surface area contributed by atoms with Crippen molar-refractivity contribution in [2.75, 3.05) is 19.5 Å². The number of likely N-dealkylation sites (tertiary alicyclic amines) is 1. The highest BCUT2D eigenvalue weighted by Crippen LogP contribution is 2.37. The predicted octanol–water partition coefficient (Wildman–Crippen LogP) is 2.85. The Kier molecular flexibility index (Phi) is 4.51. The maximum absolute atomic E-state index is 12.7. The number of nitrogens with one attached hydrogen (secondary N) is 1. The largest absolute Gasteiger partial charge is 0.497 e. The molecule has 1 aliphatic rings. The summed E-state index contributed by atoms with van der Waals surface area (Å²) in [5, 5.41) is 2.90. The van der Waals surface area contributed by atoms with E-state index < -0.39 is 5.92 Å². The number of hydrogen-bond donors (Lipinski definition) is 1. The van der Waals surface area contributed by atoms with Crippen molar-refractivity contribution >= 4 is 17.5 Å². The van der Waals surface area contributed by atoms with Gasteiger partial charge < -0.3 is 15.0 Å². The van der Waals surface area contributed by atoms with Crippen LogP contribution >= 0.6 is 0 Å². The van der Waals surface area contributed by atoms with E-state index in [1.807, 2.05) is 30.3 Å². The summed E-state index contributed by atoms with van der Waals surface area (Å²) in [5.41, 5.74) is 1.66. The van der Waals surface area contributed by atoms with Gasteiger partial charge in [0.25, 0.3) is 0 Å². The van der Waals surface area contributed by atoms with Gasteiger partial charge in [-0.1, -0.05) is 30.3 Å². The molecule has 0 bridgehead atoms. The average Bonchev–Trinajstić information content (AvgIpc) is 2.91. The van der Waals surface area contributed by atoms with Gasteiger partial charge in [-0.15, -0.1) is 0 Å². The molecule has 0 spiro atoms. The standard InChI is InChI=1S/C19H20N2O3/c1-21-17(22)12-16(18(21)13-6-4-3-5-7-13)19(23)20-14-8-10-15(24-2)11-9-14/h3-11,16,18H,12H2,1-2H3,(H,20,23)/t16-,18-/m0/s1. The van der Waals surface area contributed by atoms with Gasteiger partial charge in [0.1, 0.15) is 5.75 Å². The van der Waals surface area contributed by atoms with E-state index in [9.17, 15) is 9.59 Å². The van der Waals surface area contributed by atoms with Crippen molar-refractivity contribution in [1.29, 1.82) is 0 Å². The molecule has 5 nitrogen and oxygen atoms in total. The van der Waals surface area contributed by atoms with Crippen LogP contribution in [0.1, 0.15) is 18.0 Å². The third-order valence-electron chi connectivity index (χ3n) is 4.42. The molecular weight excluding hydrogens is 304 g/mol. The van der Waals surface area contributed by atoms with Gasteiger partial charge in [0.2, 0.25) is 11.8 Å². The molecule has 3 rings (SSSR count). The monoisotopic (exact) mass is 324 g/mol. The summed E-state index contributed by atoms with van der Waals surface area (Å²) in [6, 6.07) is 16.6. The molecule has 1 saturated heterocycles. The molecule has 2 aromatic rings. The molecule has 0 unspecified atom stereocenters. The van der Waals surface area contributed by atoms with E-state index in [1.165, 1.54) is 0 Å². The SMILES string of the molecule is COc1ccc(NC(=O)[C@H]2CC(=O)N(C)[C@H]2c2ccccc2)cc1. The number of rotatable bonds is 4. The molecule has 0 radical (unpaired) electrons. The Labute approximate surface area is 141 Å². The third kappa shape index (κ3) is 3.11. The summed E-state index contributed by atoms with van der Waals surface area (Å²) >= 11 is 0. The number of anilines is 1. The first-order valence-electron chi connectivity index (χ1n) is 7.85. The van der Waals surface area contributed by atoms with Crippen LogP contribution in [0.4, 0.5) is 5.69 Å². The first-order chi connectivity index (χ1) is 11.6. The second-order valence-electron chi connectivity index (χ2n) is 5.89. The van der Waals surface area contributed by atoms with E-state index in [-0.39, 0.29) is 24.3 Å². The summed E-state index contributed by atoms with van der Waals surface area (Å²) in [7, 11) is 3.35. The number of carbonyl (C=O) groups is 2. The zero-order valence-electron chi connectivity index (χ0n) is 13.7. The Morgan fingerprint density at radius 1 is 1.12 bits per heavy atom. The lowest BCUT2D eigenvalue weighted by molar-refractivity contribution is -0.127. The molecule has 1 N–H and O–H groups in total. The number of hydrogen-bond acceptors (Lipinski definition) is 3. The molecule has 1 aliphatic heterocycles. The van der Waals surface area contributed by atoms with Crippen LogP contribution in [-0.2, 0) is 9.59 Å². The van der Waals surface area contributed by atoms with E-state index >= 15 is 0 Å². The Morgan fingerprint density at radius 3 is 2.42 bits per heavy atom. The van der Waals surface area contributed by atoms with Crippen LogP contribution in [-0.4, -0.2) is 30.9 Å².